The molecule has 0 aliphatic rings. The number of halogens is 2. The second-order valence-corrected chi connectivity index (χ2v) is 5.56. The zero-order valence-corrected chi connectivity index (χ0v) is 12.9. The van der Waals surface area contributed by atoms with Gasteiger partial charge in [0.25, 0.3) is 0 Å². The molecule has 0 atom stereocenters. The molecule has 2 aromatic rings. The number of para-hydroxylation sites is 1. The number of benzene rings is 2. The summed E-state index contributed by atoms with van der Waals surface area (Å²) in [5, 5.41) is 0. The van der Waals surface area contributed by atoms with E-state index in [1.54, 1.807) is 0 Å². The molecule has 0 unspecified atom stereocenters. The average molecular weight is 371 g/mol. The first-order valence-corrected chi connectivity index (χ1v) is 7.14. The molecule has 2 nitrogen and oxygen atoms in total. The van der Waals surface area contributed by atoms with Gasteiger partial charge in [-0.3, -0.25) is 0 Å². The van der Waals surface area contributed by atoms with Crippen molar-refractivity contribution < 1.29 is 4.74 Å². The minimum Gasteiger partial charge on any atom is -0.488 e. The van der Waals surface area contributed by atoms with E-state index >= 15 is 0 Å². The van der Waals surface area contributed by atoms with Crippen LogP contribution in [0.5, 0.6) is 5.75 Å². The molecular formula is C14H13Br2NO. The predicted molar refractivity (Wildman–Crippen MR) is 80.5 cm³/mol. The molecule has 2 rings (SSSR count). The van der Waals surface area contributed by atoms with Crippen molar-refractivity contribution in [3.63, 3.8) is 0 Å². The zero-order valence-electron chi connectivity index (χ0n) is 9.70. The molecule has 0 amide bonds. The fraction of sp³-hybridized carbons (Fsp3) is 0.143. The normalized spacial score (nSPS) is 10.4. The van der Waals surface area contributed by atoms with Crippen molar-refractivity contribution in [2.45, 2.75) is 13.2 Å². The predicted octanol–water partition coefficient (Wildman–Crippen LogP) is 4.25. The van der Waals surface area contributed by atoms with Crippen molar-refractivity contribution in [1.29, 1.82) is 0 Å². The van der Waals surface area contributed by atoms with E-state index in [1.807, 2.05) is 42.5 Å². The third-order valence-corrected chi connectivity index (χ3v) is 3.97. The average Bonchev–Trinajstić information content (AvgIpc) is 2.39. The van der Waals surface area contributed by atoms with E-state index in [4.69, 9.17) is 10.5 Å². The van der Waals surface area contributed by atoms with Gasteiger partial charge < -0.3 is 10.5 Å². The van der Waals surface area contributed by atoms with Crippen molar-refractivity contribution in [3.05, 3.63) is 62.5 Å². The van der Waals surface area contributed by atoms with Gasteiger partial charge in [0.05, 0.1) is 4.47 Å². The van der Waals surface area contributed by atoms with Crippen LogP contribution in [0.2, 0.25) is 0 Å². The van der Waals surface area contributed by atoms with Gasteiger partial charge in [-0.25, -0.2) is 0 Å². The highest BCUT2D eigenvalue weighted by atomic mass is 79.9. The van der Waals surface area contributed by atoms with Gasteiger partial charge in [-0.15, -0.1) is 0 Å². The maximum Gasteiger partial charge on any atom is 0.133 e. The van der Waals surface area contributed by atoms with Gasteiger partial charge in [-0.05, 0) is 39.7 Å². The quantitative estimate of drug-likeness (QED) is 0.873. The Balaban J connectivity index is 2.09. The summed E-state index contributed by atoms with van der Waals surface area (Å²) in [5.41, 5.74) is 7.80. The van der Waals surface area contributed by atoms with E-state index in [1.165, 1.54) is 0 Å². The molecular weight excluding hydrogens is 358 g/mol. The van der Waals surface area contributed by atoms with E-state index < -0.39 is 0 Å². The fourth-order valence-electron chi connectivity index (χ4n) is 1.55. The van der Waals surface area contributed by atoms with E-state index in [9.17, 15) is 0 Å². The van der Waals surface area contributed by atoms with Gasteiger partial charge in [-0.1, -0.05) is 40.2 Å². The number of rotatable bonds is 4. The molecule has 0 fully saturated rings. The van der Waals surface area contributed by atoms with E-state index in [0.717, 1.165) is 25.8 Å². The van der Waals surface area contributed by atoms with Gasteiger partial charge in [0, 0.05) is 16.6 Å². The summed E-state index contributed by atoms with van der Waals surface area (Å²) in [7, 11) is 0. The van der Waals surface area contributed by atoms with Crippen LogP contribution in [0.25, 0.3) is 0 Å². The SMILES string of the molecule is NCc1ccc(COc2ccccc2Br)c(Br)c1. The largest absolute Gasteiger partial charge is 0.488 e. The van der Waals surface area contributed by atoms with Gasteiger partial charge in [0.15, 0.2) is 0 Å². The third kappa shape index (κ3) is 3.34. The monoisotopic (exact) mass is 369 g/mol. The van der Waals surface area contributed by atoms with Crippen LogP contribution in [0.4, 0.5) is 0 Å². The van der Waals surface area contributed by atoms with Crippen LogP contribution in [-0.2, 0) is 13.2 Å². The molecule has 2 aromatic carbocycles. The second kappa shape index (κ2) is 6.36. The summed E-state index contributed by atoms with van der Waals surface area (Å²) < 4.78 is 7.75. The summed E-state index contributed by atoms with van der Waals surface area (Å²) in [6, 6.07) is 13.9. The lowest BCUT2D eigenvalue weighted by Gasteiger charge is -2.10. The molecule has 0 aromatic heterocycles. The second-order valence-electron chi connectivity index (χ2n) is 3.85. The topological polar surface area (TPSA) is 35.2 Å². The maximum absolute atomic E-state index is 5.77. The molecule has 0 radical (unpaired) electrons. The zero-order chi connectivity index (χ0) is 13.0. The Bertz CT molecular complexity index is 543. The summed E-state index contributed by atoms with van der Waals surface area (Å²) >= 11 is 6.99. The Morgan fingerprint density at radius 2 is 1.78 bits per heavy atom. The van der Waals surface area contributed by atoms with Crippen molar-refractivity contribution >= 4 is 31.9 Å². The highest BCUT2D eigenvalue weighted by molar-refractivity contribution is 9.10. The molecule has 94 valence electrons. The van der Waals surface area contributed by atoms with Crippen LogP contribution in [-0.4, -0.2) is 0 Å². The summed E-state index contributed by atoms with van der Waals surface area (Å²) in [4.78, 5) is 0. The first-order valence-electron chi connectivity index (χ1n) is 5.55. The van der Waals surface area contributed by atoms with Crippen molar-refractivity contribution in [3.8, 4) is 5.75 Å². The van der Waals surface area contributed by atoms with E-state index in [2.05, 4.69) is 31.9 Å². The smallest absolute Gasteiger partial charge is 0.133 e. The Hall–Kier alpha value is -0.840. The Labute approximate surface area is 123 Å². The third-order valence-electron chi connectivity index (χ3n) is 2.57. The Morgan fingerprint density at radius 3 is 2.44 bits per heavy atom. The van der Waals surface area contributed by atoms with Crippen LogP contribution in [0.15, 0.2) is 51.4 Å². The Kier molecular flexibility index (Phi) is 4.80. The minimum atomic E-state index is 0.522. The molecule has 0 bridgehead atoms. The molecule has 18 heavy (non-hydrogen) atoms. The minimum absolute atomic E-state index is 0.522. The highest BCUT2D eigenvalue weighted by Gasteiger charge is 2.04. The van der Waals surface area contributed by atoms with Gasteiger partial charge in [-0.2, -0.15) is 0 Å². The number of ether oxygens (including phenoxy) is 1. The number of hydrogen-bond acceptors (Lipinski definition) is 2. The van der Waals surface area contributed by atoms with Gasteiger partial charge in [0.2, 0.25) is 0 Å². The van der Waals surface area contributed by atoms with Crippen LogP contribution in [0.3, 0.4) is 0 Å². The molecule has 0 saturated carbocycles. The first-order chi connectivity index (χ1) is 8.70. The fourth-order valence-corrected chi connectivity index (χ4v) is 2.49. The first kappa shape index (κ1) is 13.6. The summed E-state index contributed by atoms with van der Waals surface area (Å²) in [6.45, 7) is 1.07. The van der Waals surface area contributed by atoms with E-state index in [-0.39, 0.29) is 0 Å². The van der Waals surface area contributed by atoms with Crippen molar-refractivity contribution in [2.75, 3.05) is 0 Å². The van der Waals surface area contributed by atoms with Crippen LogP contribution >= 0.6 is 31.9 Å². The van der Waals surface area contributed by atoms with E-state index in [0.29, 0.717) is 13.2 Å². The lowest BCUT2D eigenvalue weighted by atomic mass is 10.1. The van der Waals surface area contributed by atoms with Gasteiger partial charge >= 0.3 is 0 Å². The molecule has 0 saturated heterocycles. The van der Waals surface area contributed by atoms with Crippen LogP contribution < -0.4 is 10.5 Å². The Morgan fingerprint density at radius 1 is 1.00 bits per heavy atom. The van der Waals surface area contributed by atoms with Crippen molar-refractivity contribution in [2.24, 2.45) is 5.73 Å². The molecule has 0 aliphatic carbocycles. The molecule has 0 spiro atoms. The number of hydrogen-bond donors (Lipinski definition) is 1. The summed E-state index contributed by atoms with van der Waals surface area (Å²) in [6.07, 6.45) is 0. The van der Waals surface area contributed by atoms with Crippen molar-refractivity contribution in [1.82, 2.24) is 0 Å². The number of nitrogens with two attached hydrogens (primary N) is 1. The van der Waals surface area contributed by atoms with Gasteiger partial charge in [0.1, 0.15) is 12.4 Å². The lowest BCUT2D eigenvalue weighted by Crippen LogP contribution is -2.00. The molecule has 0 aliphatic heterocycles. The molecule has 0 heterocycles. The van der Waals surface area contributed by atoms with Crippen LogP contribution in [0.1, 0.15) is 11.1 Å². The maximum atomic E-state index is 5.77. The van der Waals surface area contributed by atoms with Crippen LogP contribution in [0, 0.1) is 0 Å². The molecule has 4 heteroatoms. The molecule has 2 N–H and O–H groups in total. The highest BCUT2D eigenvalue weighted by Crippen LogP contribution is 2.26. The summed E-state index contributed by atoms with van der Waals surface area (Å²) in [5.74, 6) is 0.840. The lowest BCUT2D eigenvalue weighted by molar-refractivity contribution is 0.303. The standard InChI is InChI=1S/C14H13Br2NO/c15-12-3-1-2-4-14(12)18-9-11-6-5-10(8-17)7-13(11)16/h1-7H,8-9,17H2.